The Kier molecular flexibility index (Phi) is 18.0. The molecule has 4 aromatic rings. The van der Waals surface area contributed by atoms with Gasteiger partial charge >= 0.3 is 0 Å². The van der Waals surface area contributed by atoms with Crippen LogP contribution in [0.5, 0.6) is 0 Å². The third-order valence-corrected chi connectivity index (χ3v) is 17.5. The van der Waals surface area contributed by atoms with Crippen molar-refractivity contribution in [3.8, 4) is 0 Å². The number of nitrogens with zero attached hydrogens (tertiary/aromatic N) is 2. The van der Waals surface area contributed by atoms with Crippen LogP contribution in [0.4, 0.5) is 22.7 Å². The van der Waals surface area contributed by atoms with Crippen molar-refractivity contribution in [2.24, 2.45) is 23.7 Å². The van der Waals surface area contributed by atoms with E-state index in [0.29, 0.717) is 41.4 Å². The number of anilines is 4. The Labute approximate surface area is 386 Å². The summed E-state index contributed by atoms with van der Waals surface area (Å²) < 4.78 is 72.8. The van der Waals surface area contributed by atoms with Crippen LogP contribution < -0.4 is 19.2 Å². The summed E-state index contributed by atoms with van der Waals surface area (Å²) in [6.45, 7) is 17.5. The molecule has 63 heavy (non-hydrogen) atoms. The molecule has 2 N–H and O–H groups in total. The molecule has 344 valence electrons. The maximum absolute atomic E-state index is 14.6. The van der Waals surface area contributed by atoms with Gasteiger partial charge in [0.2, 0.25) is 0 Å². The Morgan fingerprint density at radius 2 is 0.937 bits per heavy atom. The van der Waals surface area contributed by atoms with Crippen molar-refractivity contribution < 1.29 is 26.3 Å². The summed E-state index contributed by atoms with van der Waals surface area (Å²) in [7, 11) is -7.87. The Morgan fingerprint density at radius 1 is 0.571 bits per heavy atom. The van der Waals surface area contributed by atoms with Gasteiger partial charge in [-0.25, -0.2) is 16.8 Å². The van der Waals surface area contributed by atoms with Crippen LogP contribution in [0.15, 0.2) is 105 Å². The highest BCUT2D eigenvalue weighted by atomic mass is 32.2. The van der Waals surface area contributed by atoms with Crippen molar-refractivity contribution in [1.29, 1.82) is 0 Å². The van der Waals surface area contributed by atoms with E-state index in [1.54, 1.807) is 47.8 Å². The molecule has 2 saturated heterocycles. The van der Waals surface area contributed by atoms with E-state index in [9.17, 15) is 16.8 Å². The number of benzene rings is 4. The van der Waals surface area contributed by atoms with Gasteiger partial charge in [0.15, 0.2) is 0 Å². The van der Waals surface area contributed by atoms with Crippen LogP contribution in [0.25, 0.3) is 0 Å². The van der Waals surface area contributed by atoms with Crippen molar-refractivity contribution in [2.45, 2.75) is 99.6 Å². The highest BCUT2D eigenvalue weighted by Gasteiger charge is 2.29. The lowest BCUT2D eigenvalue weighted by Crippen LogP contribution is -2.34. The molecule has 0 atom stereocenters. The molecule has 14 heteroatoms. The van der Waals surface area contributed by atoms with Gasteiger partial charge in [0, 0.05) is 78.9 Å². The first-order valence-electron chi connectivity index (χ1n) is 22.7. The first kappa shape index (κ1) is 49.0. The molecule has 0 amide bonds. The van der Waals surface area contributed by atoms with Gasteiger partial charge in [0.25, 0.3) is 20.0 Å². The van der Waals surface area contributed by atoms with E-state index >= 15 is 0 Å². The minimum Gasteiger partial charge on any atom is -0.384 e. The van der Waals surface area contributed by atoms with Crippen LogP contribution in [0, 0.1) is 23.7 Å². The van der Waals surface area contributed by atoms with E-state index in [2.05, 4.69) is 24.5 Å². The summed E-state index contributed by atoms with van der Waals surface area (Å²) in [5.41, 5.74) is 5.34. The summed E-state index contributed by atoms with van der Waals surface area (Å²) in [6, 6.07) is 26.5. The highest BCUT2D eigenvalue weighted by Crippen LogP contribution is 2.40. The van der Waals surface area contributed by atoms with E-state index in [1.807, 2.05) is 88.4 Å². The van der Waals surface area contributed by atoms with Gasteiger partial charge < -0.3 is 20.1 Å². The van der Waals surface area contributed by atoms with Crippen LogP contribution in [-0.4, -0.2) is 74.5 Å². The van der Waals surface area contributed by atoms with Gasteiger partial charge in [-0.15, -0.1) is 23.5 Å². The minimum atomic E-state index is -3.93. The summed E-state index contributed by atoms with van der Waals surface area (Å²) in [6.07, 6.45) is 5.63. The molecule has 2 aliphatic rings. The number of sulfonamides is 2. The molecule has 4 aromatic carbocycles. The van der Waals surface area contributed by atoms with Gasteiger partial charge in [-0.1, -0.05) is 65.8 Å². The average molecular weight is 937 g/mol. The van der Waals surface area contributed by atoms with E-state index in [0.717, 1.165) is 110 Å². The first-order valence-corrected chi connectivity index (χ1v) is 27.5. The smallest absolute Gasteiger partial charge is 0.264 e. The van der Waals surface area contributed by atoms with Crippen molar-refractivity contribution >= 4 is 66.3 Å². The number of aryl methyl sites for hydroxylation is 2. The predicted octanol–water partition coefficient (Wildman–Crippen LogP) is 11.0. The number of hydrogen-bond acceptors (Lipinski definition) is 10. The van der Waals surface area contributed by atoms with Crippen LogP contribution in [0.1, 0.15) is 78.4 Å². The lowest BCUT2D eigenvalue weighted by Gasteiger charge is -2.27. The molecule has 10 nitrogen and oxygen atoms in total. The topological polar surface area (TPSA) is 117 Å². The first-order chi connectivity index (χ1) is 30.3. The minimum absolute atomic E-state index is 0.101. The SMILES string of the molecule is CCc1ccc(N(CC(C)C)S(=O)(=O)c2ccc(NCC3CCOCC3)c(SCSc3cc(S(=O)(=O)N(CC(C)C)c4ccc(CC)cc4)ccc3NCC3CCOCC3)c2)cc1. The molecule has 0 saturated carbocycles. The zero-order valence-corrected chi connectivity index (χ0v) is 41.2. The fourth-order valence-electron chi connectivity index (χ4n) is 7.82. The molecular formula is C49H68N4O6S4. The molecule has 6 rings (SSSR count). The maximum atomic E-state index is 14.6. The Morgan fingerprint density at radius 3 is 1.27 bits per heavy atom. The molecule has 0 bridgehead atoms. The standard InChI is InChI=1S/C49H68N4O6S4/c1-7-38-9-13-42(14-10-38)52(33-36(3)4)62(54,55)44-17-19-46(50-31-40-21-25-58-26-22-40)48(29-44)60-35-61-49-30-45(18-20-47(49)51-32-41-23-27-59-28-24-41)63(56,57)53(34-37(5)6)43-15-11-39(8-2)12-16-43/h9-20,29-30,36-37,40-41,50-51H,7-8,21-28,31-35H2,1-6H3. The van der Waals surface area contributed by atoms with E-state index in [1.165, 1.54) is 8.61 Å². The Hall–Kier alpha value is -3.40. The third-order valence-electron chi connectivity index (χ3n) is 11.7. The normalized spacial score (nSPS) is 15.5. The molecule has 0 aliphatic carbocycles. The van der Waals surface area contributed by atoms with Crippen molar-refractivity contribution in [1.82, 2.24) is 0 Å². The van der Waals surface area contributed by atoms with Crippen molar-refractivity contribution in [2.75, 3.05) is 76.9 Å². The maximum Gasteiger partial charge on any atom is 0.264 e. The summed E-state index contributed by atoms with van der Waals surface area (Å²) in [5.74, 6) is 1.11. The van der Waals surface area contributed by atoms with Gasteiger partial charge in [0.05, 0.1) is 21.2 Å². The average Bonchev–Trinajstić information content (AvgIpc) is 3.29. The van der Waals surface area contributed by atoms with Crippen LogP contribution >= 0.6 is 23.5 Å². The molecule has 0 radical (unpaired) electrons. The summed E-state index contributed by atoms with van der Waals surface area (Å²) >= 11 is 3.11. The molecule has 2 fully saturated rings. The fourth-order valence-corrected chi connectivity index (χ4v) is 13.5. The fraction of sp³-hybridized carbons (Fsp3) is 0.510. The van der Waals surface area contributed by atoms with Crippen molar-refractivity contribution in [3.63, 3.8) is 0 Å². The highest BCUT2D eigenvalue weighted by molar-refractivity contribution is 8.16. The molecule has 2 aliphatic heterocycles. The predicted molar refractivity (Wildman–Crippen MR) is 264 cm³/mol. The van der Waals surface area contributed by atoms with E-state index < -0.39 is 20.0 Å². The number of nitrogens with one attached hydrogen (secondary N) is 2. The molecule has 0 spiro atoms. The largest absolute Gasteiger partial charge is 0.384 e. The van der Waals surface area contributed by atoms with Gasteiger partial charge in [-0.2, -0.15) is 0 Å². The Balaban J connectivity index is 1.32. The van der Waals surface area contributed by atoms with Crippen LogP contribution in [0.3, 0.4) is 0 Å². The summed E-state index contributed by atoms with van der Waals surface area (Å²) in [4.78, 5) is 2.10. The molecule has 2 heterocycles. The second-order valence-corrected chi connectivity index (χ2v) is 23.6. The second-order valence-electron chi connectivity index (χ2n) is 17.5. The zero-order valence-electron chi connectivity index (χ0n) is 38.0. The van der Waals surface area contributed by atoms with Crippen LogP contribution in [0.2, 0.25) is 0 Å². The van der Waals surface area contributed by atoms with Gasteiger partial charge in [0.1, 0.15) is 0 Å². The van der Waals surface area contributed by atoms with E-state index in [4.69, 9.17) is 9.47 Å². The monoisotopic (exact) mass is 936 g/mol. The number of ether oxygens (including phenoxy) is 2. The number of thioether (sulfide) groups is 2. The third kappa shape index (κ3) is 13.3. The molecule has 0 unspecified atom stereocenters. The quantitative estimate of drug-likeness (QED) is 0.0583. The molecular weight excluding hydrogens is 869 g/mol. The van der Waals surface area contributed by atoms with Gasteiger partial charge in [-0.3, -0.25) is 8.61 Å². The number of rotatable bonds is 22. The Bertz CT molecular complexity index is 2120. The number of hydrogen-bond donors (Lipinski definition) is 2. The van der Waals surface area contributed by atoms with Crippen LogP contribution in [-0.2, 0) is 42.4 Å². The second kappa shape index (κ2) is 23.2. The summed E-state index contributed by atoms with van der Waals surface area (Å²) in [5, 5.41) is 7.83. The lowest BCUT2D eigenvalue weighted by molar-refractivity contribution is 0.0698. The van der Waals surface area contributed by atoms with Gasteiger partial charge in [-0.05, 0) is 134 Å². The molecule has 0 aromatic heterocycles. The van der Waals surface area contributed by atoms with Crippen molar-refractivity contribution in [3.05, 3.63) is 96.1 Å². The van der Waals surface area contributed by atoms with E-state index in [-0.39, 0.29) is 21.6 Å². The lowest BCUT2D eigenvalue weighted by atomic mass is 10.0. The zero-order chi connectivity index (χ0) is 45.0.